The highest BCUT2D eigenvalue weighted by Gasteiger charge is 2.26. The number of fused-ring (bicyclic) bond motifs is 1. The molecule has 1 saturated heterocycles. The average Bonchev–Trinajstić information content (AvgIpc) is 3.19. The van der Waals surface area contributed by atoms with Crippen LogP contribution in [-0.4, -0.2) is 39.9 Å². The highest BCUT2D eigenvalue weighted by atomic mass is 35.5. The first-order valence-electron chi connectivity index (χ1n) is 8.76. The summed E-state index contributed by atoms with van der Waals surface area (Å²) in [7, 11) is 0. The number of nitrogens with one attached hydrogen (secondary N) is 1. The Hall–Kier alpha value is -1.44. The lowest BCUT2D eigenvalue weighted by Crippen LogP contribution is -2.34. The van der Waals surface area contributed by atoms with Crippen molar-refractivity contribution in [2.45, 2.75) is 50.6 Å². The Balaban J connectivity index is 1.41. The highest BCUT2D eigenvalue weighted by molar-refractivity contribution is 7.17. The van der Waals surface area contributed by atoms with Gasteiger partial charge < -0.3 is 14.6 Å². The molecule has 0 aliphatic carbocycles. The number of amides is 1. The first-order chi connectivity index (χ1) is 12.2. The van der Waals surface area contributed by atoms with Crippen LogP contribution < -0.4 is 5.32 Å². The molecule has 0 aromatic carbocycles. The third kappa shape index (κ3) is 3.73. The van der Waals surface area contributed by atoms with E-state index in [1.165, 1.54) is 11.3 Å². The van der Waals surface area contributed by atoms with Crippen molar-refractivity contribution >= 4 is 28.8 Å². The fourth-order valence-corrected chi connectivity index (χ4v) is 4.55. The van der Waals surface area contributed by atoms with Crippen LogP contribution >= 0.6 is 22.9 Å². The van der Waals surface area contributed by atoms with Crippen LogP contribution in [0.2, 0.25) is 4.34 Å². The number of hydrogen-bond acceptors (Lipinski definition) is 5. The van der Waals surface area contributed by atoms with Gasteiger partial charge in [-0.15, -0.1) is 21.5 Å². The van der Waals surface area contributed by atoms with Crippen LogP contribution in [0.5, 0.6) is 0 Å². The second-order valence-corrected chi connectivity index (χ2v) is 8.33. The number of hydrogen-bond donors (Lipinski definition) is 1. The Bertz CT molecular complexity index is 754. The Kier molecular flexibility index (Phi) is 5.05. The van der Waals surface area contributed by atoms with Gasteiger partial charge in [0.15, 0.2) is 0 Å². The van der Waals surface area contributed by atoms with E-state index in [-0.39, 0.29) is 11.9 Å². The van der Waals surface area contributed by atoms with E-state index in [4.69, 9.17) is 16.3 Å². The van der Waals surface area contributed by atoms with Crippen molar-refractivity contribution in [2.75, 3.05) is 13.2 Å². The quantitative estimate of drug-likeness (QED) is 0.888. The number of carbonyl (C=O) groups excluding carboxylic acids is 1. The molecule has 1 amide bonds. The molecule has 0 spiro atoms. The van der Waals surface area contributed by atoms with Crippen LogP contribution in [0.4, 0.5) is 0 Å². The summed E-state index contributed by atoms with van der Waals surface area (Å²) in [6, 6.07) is 3.69. The van der Waals surface area contributed by atoms with Crippen LogP contribution in [0.15, 0.2) is 12.1 Å². The molecule has 6 nitrogen and oxygen atoms in total. The van der Waals surface area contributed by atoms with Gasteiger partial charge in [-0.3, -0.25) is 4.79 Å². The molecule has 2 aromatic heterocycles. The zero-order valence-corrected chi connectivity index (χ0v) is 15.5. The van der Waals surface area contributed by atoms with E-state index in [0.717, 1.165) is 63.5 Å². The predicted molar refractivity (Wildman–Crippen MR) is 96.3 cm³/mol. The van der Waals surface area contributed by atoms with Gasteiger partial charge in [0, 0.05) is 38.1 Å². The molecule has 8 heteroatoms. The van der Waals surface area contributed by atoms with Crippen molar-refractivity contribution in [2.24, 2.45) is 0 Å². The zero-order valence-electron chi connectivity index (χ0n) is 13.9. The molecule has 4 rings (SSSR count). The first kappa shape index (κ1) is 17.0. The van der Waals surface area contributed by atoms with Gasteiger partial charge in [0.2, 0.25) is 0 Å². The van der Waals surface area contributed by atoms with Crippen LogP contribution in [-0.2, 0) is 17.7 Å². The minimum Gasteiger partial charge on any atom is -0.381 e. The maximum Gasteiger partial charge on any atom is 0.261 e. The van der Waals surface area contributed by atoms with Crippen LogP contribution in [0.25, 0.3) is 0 Å². The summed E-state index contributed by atoms with van der Waals surface area (Å²) < 4.78 is 8.36. The molecule has 1 N–H and O–H groups in total. The number of ether oxygens (including phenoxy) is 1. The largest absolute Gasteiger partial charge is 0.381 e. The maximum absolute atomic E-state index is 12.4. The van der Waals surface area contributed by atoms with E-state index in [0.29, 0.717) is 15.1 Å². The van der Waals surface area contributed by atoms with Crippen LogP contribution in [0.3, 0.4) is 0 Å². The molecule has 2 aliphatic heterocycles. The topological polar surface area (TPSA) is 69.0 Å². The third-order valence-electron chi connectivity index (χ3n) is 4.99. The molecule has 0 radical (unpaired) electrons. The van der Waals surface area contributed by atoms with Gasteiger partial charge >= 0.3 is 0 Å². The Morgan fingerprint density at radius 1 is 1.24 bits per heavy atom. The molecule has 25 heavy (non-hydrogen) atoms. The third-order valence-corrected chi connectivity index (χ3v) is 6.22. The van der Waals surface area contributed by atoms with Crippen LogP contribution in [0.1, 0.15) is 52.9 Å². The van der Waals surface area contributed by atoms with Gasteiger partial charge in [-0.1, -0.05) is 11.6 Å². The monoisotopic (exact) mass is 380 g/mol. The van der Waals surface area contributed by atoms with E-state index < -0.39 is 0 Å². The Morgan fingerprint density at radius 3 is 2.84 bits per heavy atom. The second-order valence-electron chi connectivity index (χ2n) is 6.61. The zero-order chi connectivity index (χ0) is 17.2. The molecule has 2 aromatic rings. The molecular formula is C17H21ClN4O2S. The molecule has 134 valence electrons. The first-order valence-corrected chi connectivity index (χ1v) is 9.96. The van der Waals surface area contributed by atoms with Crippen molar-refractivity contribution in [1.29, 1.82) is 0 Å². The standard InChI is InChI=1S/C17H21ClN4O2S/c18-14-3-2-13(25-14)17(23)19-12-1-4-15-20-21-16(22(15)8-5-12)11-6-9-24-10-7-11/h2-3,11-12H,1,4-10H2,(H,19,23). The number of thiophene rings is 1. The second kappa shape index (κ2) is 7.43. The molecule has 1 unspecified atom stereocenters. The van der Waals surface area contributed by atoms with E-state index in [2.05, 4.69) is 20.1 Å². The number of nitrogens with zero attached hydrogens (tertiary/aromatic N) is 3. The summed E-state index contributed by atoms with van der Waals surface area (Å²) in [4.78, 5) is 13.0. The lowest BCUT2D eigenvalue weighted by atomic mass is 9.99. The summed E-state index contributed by atoms with van der Waals surface area (Å²) >= 11 is 7.24. The van der Waals surface area contributed by atoms with E-state index in [1.54, 1.807) is 12.1 Å². The molecule has 0 saturated carbocycles. The van der Waals surface area contributed by atoms with Gasteiger partial charge in [0.25, 0.3) is 5.91 Å². The summed E-state index contributed by atoms with van der Waals surface area (Å²) in [6.45, 7) is 2.45. The number of rotatable bonds is 3. The minimum atomic E-state index is -0.0378. The SMILES string of the molecule is O=C(NC1CCc2nnc(C3CCOCC3)n2CC1)c1ccc(Cl)s1. The number of halogens is 1. The predicted octanol–water partition coefficient (Wildman–Crippen LogP) is 3.02. The fraction of sp³-hybridized carbons (Fsp3) is 0.588. The number of carbonyl (C=O) groups is 1. The van der Waals surface area contributed by atoms with Gasteiger partial charge in [-0.2, -0.15) is 0 Å². The fourth-order valence-electron chi connectivity index (χ4n) is 3.61. The highest BCUT2D eigenvalue weighted by Crippen LogP contribution is 2.28. The minimum absolute atomic E-state index is 0.0378. The van der Waals surface area contributed by atoms with E-state index in [9.17, 15) is 4.79 Å². The van der Waals surface area contributed by atoms with E-state index in [1.807, 2.05) is 0 Å². The number of aromatic nitrogens is 3. The molecule has 4 heterocycles. The summed E-state index contributed by atoms with van der Waals surface area (Å²) in [6.07, 6.45) is 4.64. The van der Waals surface area contributed by atoms with Crippen molar-refractivity contribution in [3.05, 3.63) is 33.0 Å². The smallest absolute Gasteiger partial charge is 0.261 e. The molecule has 0 bridgehead atoms. The molecule has 1 atom stereocenters. The summed E-state index contributed by atoms with van der Waals surface area (Å²) in [5.41, 5.74) is 0. The van der Waals surface area contributed by atoms with Gasteiger partial charge in [-0.05, 0) is 37.8 Å². The summed E-state index contributed by atoms with van der Waals surface area (Å²) in [5, 5.41) is 12.0. The van der Waals surface area contributed by atoms with Gasteiger partial charge in [0.1, 0.15) is 11.6 Å². The normalized spacial score (nSPS) is 21.6. The molecule has 2 aliphatic rings. The van der Waals surface area contributed by atoms with E-state index >= 15 is 0 Å². The van der Waals surface area contributed by atoms with Crippen molar-refractivity contribution < 1.29 is 9.53 Å². The van der Waals surface area contributed by atoms with Crippen molar-refractivity contribution in [3.63, 3.8) is 0 Å². The average molecular weight is 381 g/mol. The lowest BCUT2D eigenvalue weighted by Gasteiger charge is -2.22. The maximum atomic E-state index is 12.4. The Labute approximate surface area is 155 Å². The summed E-state index contributed by atoms with van der Waals surface area (Å²) in [5.74, 6) is 2.53. The van der Waals surface area contributed by atoms with Crippen LogP contribution in [0, 0.1) is 0 Å². The molecule has 1 fully saturated rings. The Morgan fingerprint density at radius 2 is 2.08 bits per heavy atom. The van der Waals surface area contributed by atoms with Gasteiger partial charge in [0.05, 0.1) is 9.21 Å². The molecular weight excluding hydrogens is 360 g/mol. The van der Waals surface area contributed by atoms with Gasteiger partial charge in [-0.25, -0.2) is 0 Å². The van der Waals surface area contributed by atoms with Crippen molar-refractivity contribution in [3.8, 4) is 0 Å². The number of aryl methyl sites for hydroxylation is 1. The lowest BCUT2D eigenvalue weighted by molar-refractivity contribution is 0.0826. The van der Waals surface area contributed by atoms with Crippen molar-refractivity contribution in [1.82, 2.24) is 20.1 Å².